The summed E-state index contributed by atoms with van der Waals surface area (Å²) in [6, 6.07) is -0.251. The van der Waals surface area contributed by atoms with E-state index < -0.39 is 36.5 Å². The molecular formula is C22H34O6. The summed E-state index contributed by atoms with van der Waals surface area (Å²) in [4.78, 5) is 10.5. The van der Waals surface area contributed by atoms with E-state index in [0.29, 0.717) is 6.42 Å². The predicted molar refractivity (Wildman–Crippen MR) is 109 cm³/mol. The zero-order valence-electron chi connectivity index (χ0n) is 18.4. The van der Waals surface area contributed by atoms with E-state index in [1.54, 1.807) is 0 Å². The van der Waals surface area contributed by atoms with Gasteiger partial charge in [-0.25, -0.2) is 0 Å². The van der Waals surface area contributed by atoms with E-state index in [9.17, 15) is 20.1 Å². The number of carbonyl (C=O) groups is 1. The van der Waals surface area contributed by atoms with Gasteiger partial charge in [-0.3, -0.25) is 4.79 Å². The molecule has 1 aliphatic heterocycles. The summed E-state index contributed by atoms with van der Waals surface area (Å²) in [5.41, 5.74) is 0. The Bertz CT molecular complexity index is 644. The Kier molecular flexibility index (Phi) is 10.7. The minimum absolute atomic E-state index is 0.0576. The molecule has 0 amide bonds. The molecule has 1 saturated heterocycles. The third-order valence-corrected chi connectivity index (χ3v) is 4.26. The fourth-order valence-corrected chi connectivity index (χ4v) is 2.71. The van der Waals surface area contributed by atoms with Crippen molar-refractivity contribution in [3.05, 3.63) is 48.6 Å². The molecule has 6 heteroatoms. The molecule has 4 N–H and O–H groups in total. The highest BCUT2D eigenvalue weighted by Gasteiger charge is 2.35. The van der Waals surface area contributed by atoms with Crippen LogP contribution in [-0.4, -0.2) is 56.9 Å². The Morgan fingerprint density at radius 3 is 2.68 bits per heavy atom. The molecule has 0 aromatic rings. The van der Waals surface area contributed by atoms with Crippen LogP contribution in [0.5, 0.6) is 0 Å². The molecule has 1 aliphatic rings. The standard InChI is InChI=1S/C22H34O6/c1-2-3-4-5-6-9-12-18(24)21-16-19(25)20(28-21)15-14-17(23)11-8-7-10-13-22(26)27/h3-4,6-9,14-15,17-21,23-25H,2,5,10-13,16H2,1H3,(H,26,27)/b4-3-,8-7-,9-6-,15-14+/t17-,18+,19+,20-,21-/m1/s1/i7D,8D. The van der Waals surface area contributed by atoms with E-state index in [-0.39, 0.29) is 37.8 Å². The normalized spacial score (nSPS) is 27.2. The molecular weight excluding hydrogens is 360 g/mol. The molecule has 0 unspecified atom stereocenters. The third-order valence-electron chi connectivity index (χ3n) is 4.26. The first kappa shape index (κ1) is 21.0. The molecule has 0 spiro atoms. The molecule has 0 aliphatic carbocycles. The van der Waals surface area contributed by atoms with Gasteiger partial charge in [-0.2, -0.15) is 0 Å². The SMILES string of the molecule is [2H]/C(CCC(=O)O)=C(\[2H])C[C@@H](O)/C=C/[C@H]1O[C@@H]([C@@H](O)C/C=C\C/C=C\CC)C[C@@H]1O. The first-order chi connectivity index (χ1) is 14.2. The Morgan fingerprint density at radius 1 is 1.21 bits per heavy atom. The maximum absolute atomic E-state index is 10.5. The largest absolute Gasteiger partial charge is 0.481 e. The van der Waals surface area contributed by atoms with Gasteiger partial charge < -0.3 is 25.2 Å². The van der Waals surface area contributed by atoms with Gasteiger partial charge in [0.2, 0.25) is 0 Å². The van der Waals surface area contributed by atoms with Crippen molar-refractivity contribution in [2.75, 3.05) is 0 Å². The van der Waals surface area contributed by atoms with Gasteiger partial charge in [-0.05, 0) is 32.1 Å². The maximum Gasteiger partial charge on any atom is 0.303 e. The monoisotopic (exact) mass is 396 g/mol. The lowest BCUT2D eigenvalue weighted by atomic mass is 10.0. The minimum Gasteiger partial charge on any atom is -0.481 e. The van der Waals surface area contributed by atoms with Gasteiger partial charge in [0.05, 0.1) is 27.2 Å². The maximum atomic E-state index is 10.5. The van der Waals surface area contributed by atoms with E-state index in [1.807, 2.05) is 12.2 Å². The highest BCUT2D eigenvalue weighted by molar-refractivity contribution is 5.66. The van der Waals surface area contributed by atoms with Crippen molar-refractivity contribution in [3.63, 3.8) is 0 Å². The molecule has 0 saturated carbocycles. The summed E-state index contributed by atoms with van der Waals surface area (Å²) in [6.45, 7) is 2.06. The number of carboxylic acids is 1. The molecule has 158 valence electrons. The van der Waals surface area contributed by atoms with Crippen LogP contribution >= 0.6 is 0 Å². The van der Waals surface area contributed by atoms with Crippen molar-refractivity contribution in [3.8, 4) is 0 Å². The van der Waals surface area contributed by atoms with Gasteiger partial charge in [0.25, 0.3) is 0 Å². The second-order valence-corrected chi connectivity index (χ2v) is 6.74. The molecule has 5 atom stereocenters. The number of aliphatic hydroxyl groups is 3. The lowest BCUT2D eigenvalue weighted by Gasteiger charge is -2.16. The number of aliphatic hydroxyl groups excluding tert-OH is 3. The zero-order chi connectivity index (χ0) is 22.5. The number of hydrogen-bond donors (Lipinski definition) is 4. The van der Waals surface area contributed by atoms with Gasteiger partial charge in [0.15, 0.2) is 0 Å². The van der Waals surface area contributed by atoms with Crippen LogP contribution in [-0.2, 0) is 9.53 Å². The molecule has 0 bridgehead atoms. The van der Waals surface area contributed by atoms with Crippen molar-refractivity contribution in [2.24, 2.45) is 0 Å². The summed E-state index contributed by atoms with van der Waals surface area (Å²) in [5, 5.41) is 39.1. The fourth-order valence-electron chi connectivity index (χ4n) is 2.71. The quantitative estimate of drug-likeness (QED) is 0.357. The van der Waals surface area contributed by atoms with Gasteiger partial charge >= 0.3 is 5.97 Å². The second-order valence-electron chi connectivity index (χ2n) is 6.74. The lowest BCUT2D eigenvalue weighted by molar-refractivity contribution is -0.136. The van der Waals surface area contributed by atoms with E-state index in [1.165, 1.54) is 12.2 Å². The van der Waals surface area contributed by atoms with Crippen LogP contribution in [0.4, 0.5) is 0 Å². The Hall–Kier alpha value is -1.73. The first-order valence-electron chi connectivity index (χ1n) is 10.8. The molecule has 0 aromatic heterocycles. The van der Waals surface area contributed by atoms with Crippen LogP contribution in [0.25, 0.3) is 0 Å². The number of aliphatic carboxylic acids is 1. The van der Waals surface area contributed by atoms with Crippen molar-refractivity contribution in [1.82, 2.24) is 0 Å². The van der Waals surface area contributed by atoms with Gasteiger partial charge in [0.1, 0.15) is 6.10 Å². The number of allylic oxidation sites excluding steroid dienone is 4. The van der Waals surface area contributed by atoms with E-state index >= 15 is 0 Å². The highest BCUT2D eigenvalue weighted by atomic mass is 16.5. The van der Waals surface area contributed by atoms with Crippen molar-refractivity contribution in [1.29, 1.82) is 0 Å². The molecule has 1 fully saturated rings. The number of rotatable bonds is 13. The van der Waals surface area contributed by atoms with Crippen molar-refractivity contribution >= 4 is 5.97 Å². The highest BCUT2D eigenvalue weighted by Crippen LogP contribution is 2.25. The predicted octanol–water partition coefficient (Wildman–Crippen LogP) is 2.90. The topological polar surface area (TPSA) is 107 Å². The summed E-state index contributed by atoms with van der Waals surface area (Å²) in [7, 11) is 0. The van der Waals surface area contributed by atoms with Crippen LogP contribution in [0.2, 0.25) is 0 Å². The molecule has 1 heterocycles. The molecule has 1 rings (SSSR count). The van der Waals surface area contributed by atoms with Crippen LogP contribution in [0, 0.1) is 0 Å². The van der Waals surface area contributed by atoms with E-state index in [2.05, 4.69) is 19.1 Å². The van der Waals surface area contributed by atoms with E-state index in [4.69, 9.17) is 12.6 Å². The minimum atomic E-state index is -1.05. The summed E-state index contributed by atoms with van der Waals surface area (Å²) < 4.78 is 21.1. The molecule has 0 radical (unpaired) electrons. The smallest absolute Gasteiger partial charge is 0.303 e. The first-order valence-corrected chi connectivity index (χ1v) is 9.79. The zero-order valence-corrected chi connectivity index (χ0v) is 16.4. The fraction of sp³-hybridized carbons (Fsp3) is 0.591. The van der Waals surface area contributed by atoms with Gasteiger partial charge in [-0.15, -0.1) is 0 Å². The van der Waals surface area contributed by atoms with Crippen LogP contribution in [0.15, 0.2) is 48.6 Å². The molecule has 6 nitrogen and oxygen atoms in total. The average Bonchev–Trinajstić information content (AvgIpc) is 3.07. The second kappa shape index (κ2) is 14.3. The van der Waals surface area contributed by atoms with Crippen LogP contribution < -0.4 is 0 Å². The number of carboxylic acid groups (broad SMARTS) is 1. The summed E-state index contributed by atoms with van der Waals surface area (Å²) in [5.74, 6) is -1.04. The third kappa shape index (κ3) is 10.6. The van der Waals surface area contributed by atoms with Crippen molar-refractivity contribution < 1.29 is 32.7 Å². The molecule has 0 aromatic carbocycles. The summed E-state index contributed by atoms with van der Waals surface area (Å²) in [6.07, 6.45) is 9.18. The Balaban J connectivity index is 2.48. The van der Waals surface area contributed by atoms with Crippen LogP contribution in [0.1, 0.15) is 54.6 Å². The number of hydrogen-bond acceptors (Lipinski definition) is 5. The lowest BCUT2D eigenvalue weighted by Crippen LogP contribution is -2.25. The molecule has 28 heavy (non-hydrogen) atoms. The average molecular weight is 397 g/mol. The van der Waals surface area contributed by atoms with E-state index in [0.717, 1.165) is 12.8 Å². The van der Waals surface area contributed by atoms with Crippen LogP contribution in [0.3, 0.4) is 0 Å². The van der Waals surface area contributed by atoms with Crippen molar-refractivity contribution in [2.45, 2.75) is 82.4 Å². The number of ether oxygens (including phenoxy) is 1. The van der Waals surface area contributed by atoms with Gasteiger partial charge in [0, 0.05) is 12.8 Å². The summed E-state index contributed by atoms with van der Waals surface area (Å²) >= 11 is 0. The Morgan fingerprint density at radius 2 is 1.96 bits per heavy atom. The Labute approximate surface area is 170 Å². The van der Waals surface area contributed by atoms with Gasteiger partial charge in [-0.1, -0.05) is 55.5 Å².